The van der Waals surface area contributed by atoms with E-state index in [2.05, 4.69) is 5.32 Å². The molecular weight excluding hydrogens is 332 g/mol. The second-order valence-electron chi connectivity index (χ2n) is 5.94. The van der Waals surface area contributed by atoms with Crippen molar-refractivity contribution in [2.75, 3.05) is 32.1 Å². The first-order valence-electron chi connectivity index (χ1n) is 8.45. The molecular formula is C20H24N2O4. The molecule has 1 N–H and O–H groups in total. The molecule has 0 bridgehead atoms. The van der Waals surface area contributed by atoms with Crippen molar-refractivity contribution >= 4 is 17.6 Å². The molecule has 0 unspecified atom stereocenters. The Balaban J connectivity index is 1.97. The first kappa shape index (κ1) is 19.5. The van der Waals surface area contributed by atoms with Gasteiger partial charge in [-0.05, 0) is 45.2 Å². The minimum atomic E-state index is -0.356. The zero-order valence-electron chi connectivity index (χ0n) is 15.3. The van der Waals surface area contributed by atoms with Gasteiger partial charge in [0.05, 0.1) is 25.4 Å². The van der Waals surface area contributed by atoms with Gasteiger partial charge in [-0.15, -0.1) is 0 Å². The molecule has 0 fully saturated rings. The molecule has 0 aliphatic carbocycles. The van der Waals surface area contributed by atoms with Crippen molar-refractivity contribution in [3.63, 3.8) is 0 Å². The number of para-hydroxylation sites is 2. The van der Waals surface area contributed by atoms with Crippen LogP contribution >= 0.6 is 0 Å². The monoisotopic (exact) mass is 356 g/mol. The fourth-order valence-electron chi connectivity index (χ4n) is 2.31. The van der Waals surface area contributed by atoms with E-state index in [0.717, 1.165) is 5.56 Å². The van der Waals surface area contributed by atoms with Gasteiger partial charge < -0.3 is 14.8 Å². The lowest BCUT2D eigenvalue weighted by Gasteiger charge is -2.16. The fourth-order valence-corrected chi connectivity index (χ4v) is 2.31. The van der Waals surface area contributed by atoms with Crippen molar-refractivity contribution in [2.45, 2.75) is 13.8 Å². The van der Waals surface area contributed by atoms with Crippen LogP contribution in [0.2, 0.25) is 0 Å². The predicted octanol–water partition coefficient (Wildman–Crippen LogP) is 3.22. The number of aryl methyl sites for hydroxylation is 1. The number of anilines is 1. The number of hydrogen-bond donors (Lipinski definition) is 1. The van der Waals surface area contributed by atoms with E-state index in [1.54, 1.807) is 31.0 Å². The molecule has 0 saturated heterocycles. The second kappa shape index (κ2) is 9.58. The summed E-state index contributed by atoms with van der Waals surface area (Å²) in [4.78, 5) is 25.3. The van der Waals surface area contributed by atoms with Gasteiger partial charge in [0.15, 0.2) is 5.75 Å². The summed E-state index contributed by atoms with van der Waals surface area (Å²) in [5, 5.41) is 2.82. The first-order valence-corrected chi connectivity index (χ1v) is 8.45. The lowest BCUT2D eigenvalue weighted by molar-refractivity contribution is -0.144. The van der Waals surface area contributed by atoms with Gasteiger partial charge in [0.1, 0.15) is 5.75 Å². The van der Waals surface area contributed by atoms with Crippen LogP contribution in [-0.4, -0.2) is 43.5 Å². The normalized spacial score (nSPS) is 10.5. The van der Waals surface area contributed by atoms with Crippen LogP contribution in [0, 0.1) is 6.92 Å². The Labute approximate surface area is 153 Å². The Morgan fingerprint density at radius 1 is 1.04 bits per heavy atom. The highest BCUT2D eigenvalue weighted by atomic mass is 16.5. The number of esters is 1. The summed E-state index contributed by atoms with van der Waals surface area (Å²) in [6.45, 7) is 4.20. The summed E-state index contributed by atoms with van der Waals surface area (Å²) < 4.78 is 10.7. The van der Waals surface area contributed by atoms with E-state index in [1.807, 2.05) is 43.3 Å². The standard InChI is InChI=1S/C20H24N2O4/c1-4-25-20(24)14-22(3)13-19(23)21-17-7-5-6-8-18(17)26-16-11-9-15(2)10-12-16/h5-12H,4,13-14H2,1-3H3,(H,21,23). The number of nitrogens with zero attached hydrogens (tertiary/aromatic N) is 1. The summed E-state index contributed by atoms with van der Waals surface area (Å²) in [5.74, 6) is 0.650. The maximum atomic E-state index is 12.3. The Kier molecular flexibility index (Phi) is 7.17. The highest BCUT2D eigenvalue weighted by Crippen LogP contribution is 2.29. The van der Waals surface area contributed by atoms with E-state index in [4.69, 9.17) is 9.47 Å². The lowest BCUT2D eigenvalue weighted by Crippen LogP contribution is -2.34. The maximum Gasteiger partial charge on any atom is 0.320 e. The predicted molar refractivity (Wildman–Crippen MR) is 100 cm³/mol. The molecule has 138 valence electrons. The molecule has 6 nitrogen and oxygen atoms in total. The Morgan fingerprint density at radius 3 is 2.42 bits per heavy atom. The van der Waals surface area contributed by atoms with E-state index < -0.39 is 0 Å². The summed E-state index contributed by atoms with van der Waals surface area (Å²) in [6, 6.07) is 14.9. The third-order valence-electron chi connectivity index (χ3n) is 3.53. The van der Waals surface area contributed by atoms with Crippen molar-refractivity contribution in [3.8, 4) is 11.5 Å². The zero-order valence-corrected chi connectivity index (χ0v) is 15.3. The molecule has 0 aromatic heterocycles. The molecule has 0 heterocycles. The van der Waals surface area contributed by atoms with Crippen molar-refractivity contribution < 1.29 is 19.1 Å². The smallest absolute Gasteiger partial charge is 0.320 e. The van der Waals surface area contributed by atoms with E-state index in [1.165, 1.54) is 0 Å². The van der Waals surface area contributed by atoms with Crippen LogP contribution in [0.5, 0.6) is 11.5 Å². The summed E-state index contributed by atoms with van der Waals surface area (Å²) in [6.07, 6.45) is 0. The van der Waals surface area contributed by atoms with Crippen molar-refractivity contribution in [2.24, 2.45) is 0 Å². The zero-order chi connectivity index (χ0) is 18.9. The molecule has 2 rings (SSSR count). The molecule has 0 radical (unpaired) electrons. The van der Waals surface area contributed by atoms with E-state index in [0.29, 0.717) is 23.8 Å². The minimum Gasteiger partial charge on any atom is -0.465 e. The number of ether oxygens (including phenoxy) is 2. The molecule has 2 aromatic carbocycles. The SMILES string of the molecule is CCOC(=O)CN(C)CC(=O)Nc1ccccc1Oc1ccc(C)cc1. The van der Waals surface area contributed by atoms with Gasteiger partial charge in [-0.1, -0.05) is 29.8 Å². The summed E-state index contributed by atoms with van der Waals surface area (Å²) in [5.41, 5.74) is 1.71. The topological polar surface area (TPSA) is 67.9 Å². The minimum absolute atomic E-state index is 0.0583. The molecule has 6 heteroatoms. The number of hydrogen-bond acceptors (Lipinski definition) is 5. The van der Waals surface area contributed by atoms with Gasteiger partial charge in [0.25, 0.3) is 0 Å². The van der Waals surface area contributed by atoms with Crippen LogP contribution in [0.25, 0.3) is 0 Å². The number of likely N-dealkylation sites (N-methyl/N-ethyl adjacent to an activating group) is 1. The van der Waals surface area contributed by atoms with Gasteiger partial charge in [0, 0.05) is 0 Å². The lowest BCUT2D eigenvalue weighted by atomic mass is 10.2. The van der Waals surface area contributed by atoms with Gasteiger partial charge in [-0.25, -0.2) is 0 Å². The van der Waals surface area contributed by atoms with Crippen molar-refractivity contribution in [1.82, 2.24) is 4.90 Å². The second-order valence-corrected chi connectivity index (χ2v) is 5.94. The highest BCUT2D eigenvalue weighted by Gasteiger charge is 2.13. The molecule has 0 aliphatic rings. The first-order chi connectivity index (χ1) is 12.5. The number of benzene rings is 2. The van der Waals surface area contributed by atoms with Gasteiger partial charge in [-0.2, -0.15) is 0 Å². The summed E-state index contributed by atoms with van der Waals surface area (Å²) in [7, 11) is 1.69. The van der Waals surface area contributed by atoms with Crippen molar-refractivity contribution in [1.29, 1.82) is 0 Å². The van der Waals surface area contributed by atoms with Crippen molar-refractivity contribution in [3.05, 3.63) is 54.1 Å². The van der Waals surface area contributed by atoms with E-state index in [-0.39, 0.29) is 25.0 Å². The maximum absolute atomic E-state index is 12.3. The number of nitrogens with one attached hydrogen (secondary N) is 1. The van der Waals surface area contributed by atoms with Crippen LogP contribution in [0.4, 0.5) is 5.69 Å². The Hall–Kier alpha value is -2.86. The Morgan fingerprint density at radius 2 is 1.73 bits per heavy atom. The van der Waals surface area contributed by atoms with Gasteiger partial charge in [-0.3, -0.25) is 14.5 Å². The van der Waals surface area contributed by atoms with E-state index in [9.17, 15) is 9.59 Å². The average Bonchev–Trinajstić information content (AvgIpc) is 2.58. The molecule has 1 amide bonds. The van der Waals surface area contributed by atoms with Gasteiger partial charge in [0.2, 0.25) is 5.91 Å². The fraction of sp³-hybridized carbons (Fsp3) is 0.300. The Bertz CT molecular complexity index is 744. The molecule has 0 spiro atoms. The molecule has 0 saturated carbocycles. The number of carbonyl (C=O) groups is 2. The molecule has 0 atom stereocenters. The number of rotatable bonds is 8. The van der Waals surface area contributed by atoms with Crippen LogP contribution in [-0.2, 0) is 14.3 Å². The van der Waals surface area contributed by atoms with E-state index >= 15 is 0 Å². The average molecular weight is 356 g/mol. The third kappa shape index (κ3) is 6.22. The quantitative estimate of drug-likeness (QED) is 0.736. The summed E-state index contributed by atoms with van der Waals surface area (Å²) >= 11 is 0. The van der Waals surface area contributed by atoms with Crippen LogP contribution in [0.3, 0.4) is 0 Å². The highest BCUT2D eigenvalue weighted by molar-refractivity contribution is 5.94. The van der Waals surface area contributed by atoms with Crippen LogP contribution in [0.1, 0.15) is 12.5 Å². The van der Waals surface area contributed by atoms with Crippen LogP contribution < -0.4 is 10.1 Å². The molecule has 0 aliphatic heterocycles. The third-order valence-corrected chi connectivity index (χ3v) is 3.53. The van der Waals surface area contributed by atoms with Gasteiger partial charge >= 0.3 is 5.97 Å². The number of carbonyl (C=O) groups excluding carboxylic acids is 2. The largest absolute Gasteiger partial charge is 0.465 e. The number of amides is 1. The molecule has 2 aromatic rings. The van der Waals surface area contributed by atoms with Crippen LogP contribution in [0.15, 0.2) is 48.5 Å². The molecule has 26 heavy (non-hydrogen) atoms.